The molecule has 0 spiro atoms. The second kappa shape index (κ2) is 8.94. The summed E-state index contributed by atoms with van der Waals surface area (Å²) >= 11 is 0. The highest BCUT2D eigenvalue weighted by Crippen LogP contribution is 2.35. The second-order valence-corrected chi connectivity index (χ2v) is 23.9. The van der Waals surface area contributed by atoms with Gasteiger partial charge in [0.25, 0.3) is 0 Å². The van der Waals surface area contributed by atoms with Crippen molar-refractivity contribution in [1.29, 1.82) is 0 Å². The van der Waals surface area contributed by atoms with Crippen LogP contribution in [0.4, 0.5) is 0 Å². The number of hydrogen-bond acceptors (Lipinski definition) is 3. The Bertz CT molecular complexity index is 623. The molecular weight excluding hydrogens is 389 g/mol. The summed E-state index contributed by atoms with van der Waals surface area (Å²) in [5, 5.41) is 0. The summed E-state index contributed by atoms with van der Waals surface area (Å²) in [5.74, 6) is 2.86. The Morgan fingerprint density at radius 3 is 1.81 bits per heavy atom. The van der Waals surface area contributed by atoms with Crippen LogP contribution >= 0.6 is 0 Å². The molecule has 0 N–H and O–H groups in total. The molecule has 26 heavy (non-hydrogen) atoms. The van der Waals surface area contributed by atoms with Crippen molar-refractivity contribution in [2.45, 2.75) is 71.4 Å². The average Bonchev–Trinajstić information content (AvgIpc) is 2.41. The van der Waals surface area contributed by atoms with Crippen LogP contribution in [0.5, 0.6) is 5.75 Å². The van der Waals surface area contributed by atoms with E-state index in [0.29, 0.717) is 0 Å². The van der Waals surface area contributed by atoms with Gasteiger partial charge in [0.2, 0.25) is 25.0 Å². The van der Waals surface area contributed by atoms with Gasteiger partial charge in [-0.05, 0) is 71.1 Å². The van der Waals surface area contributed by atoms with Crippen LogP contribution in [-0.4, -0.2) is 35.2 Å². The van der Waals surface area contributed by atoms with E-state index in [0.717, 1.165) is 45.5 Å². The van der Waals surface area contributed by atoms with E-state index in [2.05, 4.69) is 77.1 Å². The standard InChI is InChI=1S/C19H38O3Si4/c1-24(2,3)20-17-13-11-10-12-16(17)19(22-26(7,8)9)18(14-15-23)21-25(4,5)6/h10-13H,14-15H2,1-9,23H3. The van der Waals surface area contributed by atoms with E-state index in [-0.39, 0.29) is 0 Å². The third-order valence-electron chi connectivity index (χ3n) is 3.12. The third-order valence-corrected chi connectivity index (χ3v) is 6.12. The maximum Gasteiger partial charge on any atom is 0.242 e. The molecule has 148 valence electrons. The first-order chi connectivity index (χ1) is 11.7. The highest BCUT2D eigenvalue weighted by Gasteiger charge is 2.28. The van der Waals surface area contributed by atoms with Crippen LogP contribution in [0, 0.1) is 0 Å². The van der Waals surface area contributed by atoms with Crippen molar-refractivity contribution in [3.63, 3.8) is 0 Å². The molecule has 0 aliphatic carbocycles. The van der Waals surface area contributed by atoms with E-state index in [1.165, 1.54) is 0 Å². The van der Waals surface area contributed by atoms with Gasteiger partial charge in [-0.2, -0.15) is 0 Å². The summed E-state index contributed by atoms with van der Waals surface area (Å²) in [6.45, 7) is 20.0. The van der Waals surface area contributed by atoms with Crippen molar-refractivity contribution < 1.29 is 13.3 Å². The van der Waals surface area contributed by atoms with Gasteiger partial charge in [0.05, 0.1) is 5.56 Å². The molecule has 0 radical (unpaired) electrons. The smallest absolute Gasteiger partial charge is 0.242 e. The molecule has 0 fully saturated rings. The Hall–Kier alpha value is -0.772. The highest BCUT2D eigenvalue weighted by atomic mass is 28.4. The van der Waals surface area contributed by atoms with Gasteiger partial charge < -0.3 is 13.3 Å². The van der Waals surface area contributed by atoms with Gasteiger partial charge in [-0.15, -0.1) is 0 Å². The monoisotopic (exact) mass is 426 g/mol. The van der Waals surface area contributed by atoms with Crippen molar-refractivity contribution in [3.05, 3.63) is 35.6 Å². The summed E-state index contributed by atoms with van der Waals surface area (Å²) in [4.78, 5) is 0. The zero-order valence-electron chi connectivity index (χ0n) is 18.4. The Balaban J connectivity index is 3.58. The lowest BCUT2D eigenvalue weighted by Crippen LogP contribution is -2.31. The Kier molecular flexibility index (Phi) is 8.00. The van der Waals surface area contributed by atoms with Gasteiger partial charge in [0, 0.05) is 16.7 Å². The number of para-hydroxylation sites is 1. The van der Waals surface area contributed by atoms with Crippen molar-refractivity contribution in [3.8, 4) is 5.75 Å². The molecule has 0 aliphatic heterocycles. The van der Waals surface area contributed by atoms with Crippen LogP contribution in [0.25, 0.3) is 5.76 Å². The summed E-state index contributed by atoms with van der Waals surface area (Å²) in [6.07, 6.45) is 0.942. The van der Waals surface area contributed by atoms with E-state index in [1.54, 1.807) is 0 Å². The number of allylic oxidation sites excluding steroid dienone is 1. The summed E-state index contributed by atoms with van der Waals surface area (Å²) < 4.78 is 19.5. The first-order valence-corrected chi connectivity index (χ1v) is 21.3. The van der Waals surface area contributed by atoms with Gasteiger partial charge >= 0.3 is 0 Å². The van der Waals surface area contributed by atoms with Gasteiger partial charge in [-0.1, -0.05) is 18.2 Å². The zero-order chi connectivity index (χ0) is 20.2. The van der Waals surface area contributed by atoms with Crippen molar-refractivity contribution in [2.24, 2.45) is 0 Å². The highest BCUT2D eigenvalue weighted by molar-refractivity contribution is 6.71. The van der Waals surface area contributed by atoms with Gasteiger partial charge in [-0.25, -0.2) is 0 Å². The molecule has 0 saturated heterocycles. The number of rotatable bonds is 9. The molecule has 0 heterocycles. The number of hydrogen-bond donors (Lipinski definition) is 0. The predicted molar refractivity (Wildman–Crippen MR) is 126 cm³/mol. The van der Waals surface area contributed by atoms with E-state index >= 15 is 0 Å². The van der Waals surface area contributed by atoms with Gasteiger partial charge in [-0.3, -0.25) is 0 Å². The zero-order valence-corrected chi connectivity index (χ0v) is 23.4. The van der Waals surface area contributed by atoms with E-state index in [1.807, 2.05) is 6.07 Å². The quantitative estimate of drug-likeness (QED) is 0.388. The lowest BCUT2D eigenvalue weighted by atomic mass is 10.1. The molecule has 0 unspecified atom stereocenters. The largest absolute Gasteiger partial charge is 0.545 e. The van der Waals surface area contributed by atoms with Gasteiger partial charge in [0.15, 0.2) is 5.76 Å². The minimum absolute atomic E-state index is 0.913. The van der Waals surface area contributed by atoms with Gasteiger partial charge in [0.1, 0.15) is 11.5 Å². The lowest BCUT2D eigenvalue weighted by molar-refractivity contribution is 0.378. The minimum Gasteiger partial charge on any atom is -0.545 e. The van der Waals surface area contributed by atoms with E-state index in [4.69, 9.17) is 13.3 Å². The van der Waals surface area contributed by atoms with E-state index in [9.17, 15) is 0 Å². The molecule has 1 rings (SSSR count). The normalized spacial score (nSPS) is 14.0. The molecule has 0 aromatic heterocycles. The topological polar surface area (TPSA) is 27.7 Å². The van der Waals surface area contributed by atoms with Crippen LogP contribution in [0.1, 0.15) is 12.0 Å². The average molecular weight is 427 g/mol. The Labute approximate surface area is 167 Å². The minimum atomic E-state index is -1.81. The van der Waals surface area contributed by atoms with Crippen molar-refractivity contribution >= 4 is 41.0 Å². The SMILES string of the molecule is C[Si](C)(C)OC(CC[SiH3])=C(O[Si](C)(C)C)c1ccccc1O[Si](C)(C)C. The fourth-order valence-electron chi connectivity index (χ4n) is 2.45. The maximum atomic E-state index is 6.61. The lowest BCUT2D eigenvalue weighted by Gasteiger charge is -2.30. The number of benzene rings is 1. The van der Waals surface area contributed by atoms with Crippen LogP contribution in [-0.2, 0) is 8.85 Å². The molecule has 1 aromatic rings. The Morgan fingerprint density at radius 2 is 1.35 bits per heavy atom. The molecule has 0 aliphatic rings. The molecule has 0 bridgehead atoms. The first kappa shape index (κ1) is 23.3. The third kappa shape index (κ3) is 8.74. The Morgan fingerprint density at radius 1 is 0.808 bits per heavy atom. The van der Waals surface area contributed by atoms with Crippen molar-refractivity contribution in [2.75, 3.05) is 0 Å². The van der Waals surface area contributed by atoms with Crippen LogP contribution in [0.2, 0.25) is 65.0 Å². The molecule has 3 nitrogen and oxygen atoms in total. The first-order valence-electron chi connectivity index (χ1n) is 9.61. The fraction of sp³-hybridized carbons (Fsp3) is 0.579. The van der Waals surface area contributed by atoms with Crippen LogP contribution in [0.3, 0.4) is 0 Å². The maximum absolute atomic E-state index is 6.61. The molecular formula is C19H38O3Si4. The second-order valence-electron chi connectivity index (χ2n) is 9.64. The predicted octanol–water partition coefficient (Wildman–Crippen LogP) is 5.45. The molecule has 0 atom stereocenters. The summed E-state index contributed by atoms with van der Waals surface area (Å²) in [6, 6.07) is 9.44. The van der Waals surface area contributed by atoms with Crippen LogP contribution < -0.4 is 4.43 Å². The van der Waals surface area contributed by atoms with Crippen LogP contribution in [0.15, 0.2) is 30.0 Å². The fourth-order valence-corrected chi connectivity index (χ4v) is 5.51. The molecule has 7 heteroatoms. The van der Waals surface area contributed by atoms with E-state index < -0.39 is 25.0 Å². The summed E-state index contributed by atoms with van der Waals surface area (Å²) in [7, 11) is -4.11. The molecule has 0 amide bonds. The van der Waals surface area contributed by atoms with Crippen molar-refractivity contribution in [1.82, 2.24) is 0 Å². The molecule has 1 aromatic carbocycles. The molecule has 0 saturated carbocycles. The summed E-state index contributed by atoms with van der Waals surface area (Å²) in [5.41, 5.74) is 1.04.